The third-order valence-electron chi connectivity index (χ3n) is 5.60. The largest absolute Gasteiger partial charge is 0.497 e. The molecule has 1 aromatic heterocycles. The van der Waals surface area contributed by atoms with Crippen LogP contribution >= 0.6 is 0 Å². The second-order valence-corrected chi connectivity index (χ2v) is 7.66. The van der Waals surface area contributed by atoms with E-state index in [2.05, 4.69) is 46.3 Å². The number of rotatable bonds is 9. The lowest BCUT2D eigenvalue weighted by molar-refractivity contribution is 0.248. The minimum Gasteiger partial charge on any atom is -0.497 e. The summed E-state index contributed by atoms with van der Waals surface area (Å²) < 4.78 is 16.6. The molecule has 0 N–H and O–H groups in total. The molecule has 5 heteroatoms. The van der Waals surface area contributed by atoms with E-state index in [-0.39, 0.29) is 0 Å². The van der Waals surface area contributed by atoms with E-state index in [0.29, 0.717) is 0 Å². The number of benzene rings is 3. The maximum Gasteiger partial charge on any atom is 0.127 e. The molecule has 32 heavy (non-hydrogen) atoms. The minimum atomic E-state index is 0.759. The number of hydrogen-bond acceptors (Lipinski definition) is 5. The van der Waals surface area contributed by atoms with Crippen molar-refractivity contribution in [1.29, 1.82) is 0 Å². The molecule has 0 aliphatic rings. The standard InChI is InChI=1S/C27H28N2O3/c1-30-23-10-7-20(8-11-23)17-29(18-21-13-15-28-16-14-21)19-22-9-12-25(31-2)24-5-4-6-26(32-3)27(22)24/h4-16H,17-19H2,1-3H3. The fourth-order valence-electron chi connectivity index (χ4n) is 4.04. The first-order chi connectivity index (χ1) is 15.7. The predicted octanol–water partition coefficient (Wildman–Crippen LogP) is 5.46. The Morgan fingerprint density at radius 3 is 2.00 bits per heavy atom. The Hall–Kier alpha value is -3.57. The Bertz CT molecular complexity index is 1160. The molecule has 4 rings (SSSR count). The van der Waals surface area contributed by atoms with Crippen molar-refractivity contribution in [3.8, 4) is 17.2 Å². The molecule has 0 saturated heterocycles. The van der Waals surface area contributed by atoms with E-state index in [4.69, 9.17) is 14.2 Å². The van der Waals surface area contributed by atoms with E-state index >= 15 is 0 Å². The molecular weight excluding hydrogens is 400 g/mol. The SMILES string of the molecule is COc1ccc(CN(Cc2ccncc2)Cc2ccc(OC)c3cccc(OC)c23)cc1. The topological polar surface area (TPSA) is 43.8 Å². The summed E-state index contributed by atoms with van der Waals surface area (Å²) in [5.41, 5.74) is 3.64. The van der Waals surface area contributed by atoms with E-state index in [1.165, 1.54) is 16.7 Å². The van der Waals surface area contributed by atoms with Crippen molar-refractivity contribution in [1.82, 2.24) is 9.88 Å². The van der Waals surface area contributed by atoms with Crippen LogP contribution in [0.1, 0.15) is 16.7 Å². The van der Waals surface area contributed by atoms with E-state index in [1.54, 1.807) is 21.3 Å². The number of pyridine rings is 1. The van der Waals surface area contributed by atoms with E-state index in [0.717, 1.165) is 47.7 Å². The summed E-state index contributed by atoms with van der Waals surface area (Å²) in [4.78, 5) is 6.58. The van der Waals surface area contributed by atoms with Crippen molar-refractivity contribution in [2.75, 3.05) is 21.3 Å². The van der Waals surface area contributed by atoms with E-state index in [1.807, 2.05) is 42.7 Å². The molecule has 0 saturated carbocycles. The number of ether oxygens (including phenoxy) is 3. The van der Waals surface area contributed by atoms with Crippen molar-refractivity contribution in [3.63, 3.8) is 0 Å². The summed E-state index contributed by atoms with van der Waals surface area (Å²) in [6.45, 7) is 2.36. The molecule has 0 bridgehead atoms. The van der Waals surface area contributed by atoms with Crippen molar-refractivity contribution < 1.29 is 14.2 Å². The van der Waals surface area contributed by atoms with Gasteiger partial charge in [-0.25, -0.2) is 0 Å². The zero-order valence-corrected chi connectivity index (χ0v) is 18.7. The van der Waals surface area contributed by atoms with Crippen LogP contribution in [0.3, 0.4) is 0 Å². The van der Waals surface area contributed by atoms with Gasteiger partial charge in [0.25, 0.3) is 0 Å². The van der Waals surface area contributed by atoms with Gasteiger partial charge < -0.3 is 14.2 Å². The molecule has 4 aromatic rings. The number of hydrogen-bond donors (Lipinski definition) is 0. The lowest BCUT2D eigenvalue weighted by Gasteiger charge is -2.24. The molecule has 0 atom stereocenters. The highest BCUT2D eigenvalue weighted by Gasteiger charge is 2.15. The molecule has 1 heterocycles. The van der Waals surface area contributed by atoms with Gasteiger partial charge in [-0.2, -0.15) is 0 Å². The summed E-state index contributed by atoms with van der Waals surface area (Å²) in [6.07, 6.45) is 3.68. The molecule has 0 aliphatic carbocycles. The van der Waals surface area contributed by atoms with Gasteiger partial charge in [0.05, 0.1) is 21.3 Å². The molecular formula is C27H28N2O3. The monoisotopic (exact) mass is 428 g/mol. The van der Waals surface area contributed by atoms with Gasteiger partial charge in [-0.3, -0.25) is 9.88 Å². The third-order valence-corrected chi connectivity index (χ3v) is 5.60. The highest BCUT2D eigenvalue weighted by atomic mass is 16.5. The average Bonchev–Trinajstić information content (AvgIpc) is 2.85. The van der Waals surface area contributed by atoms with Crippen LogP contribution in [0.2, 0.25) is 0 Å². The number of nitrogens with zero attached hydrogens (tertiary/aromatic N) is 2. The van der Waals surface area contributed by atoms with Crippen LogP contribution in [-0.2, 0) is 19.6 Å². The van der Waals surface area contributed by atoms with Gasteiger partial charge >= 0.3 is 0 Å². The fourth-order valence-corrected chi connectivity index (χ4v) is 4.04. The smallest absolute Gasteiger partial charge is 0.127 e. The second kappa shape index (κ2) is 10.2. The molecule has 0 spiro atoms. The van der Waals surface area contributed by atoms with Gasteiger partial charge in [0, 0.05) is 42.8 Å². The predicted molar refractivity (Wildman–Crippen MR) is 127 cm³/mol. The zero-order chi connectivity index (χ0) is 22.3. The maximum atomic E-state index is 5.72. The van der Waals surface area contributed by atoms with E-state index in [9.17, 15) is 0 Å². The molecule has 0 fully saturated rings. The first-order valence-corrected chi connectivity index (χ1v) is 10.6. The van der Waals surface area contributed by atoms with Crippen molar-refractivity contribution in [2.45, 2.75) is 19.6 Å². The summed E-state index contributed by atoms with van der Waals surface area (Å²) in [6, 6.07) is 22.6. The Morgan fingerprint density at radius 1 is 0.656 bits per heavy atom. The Labute approximate surface area is 189 Å². The molecule has 0 amide bonds. The van der Waals surface area contributed by atoms with Crippen LogP contribution in [0.25, 0.3) is 10.8 Å². The Kier molecular flexibility index (Phi) is 6.87. The third kappa shape index (κ3) is 4.84. The minimum absolute atomic E-state index is 0.759. The fraction of sp³-hybridized carbons (Fsp3) is 0.222. The molecule has 164 valence electrons. The van der Waals surface area contributed by atoms with Crippen LogP contribution in [-0.4, -0.2) is 31.2 Å². The van der Waals surface area contributed by atoms with Gasteiger partial charge in [0.2, 0.25) is 0 Å². The quantitative estimate of drug-likeness (QED) is 0.354. The maximum absolute atomic E-state index is 5.72. The van der Waals surface area contributed by atoms with Gasteiger partial charge in [0.15, 0.2) is 0 Å². The van der Waals surface area contributed by atoms with Gasteiger partial charge in [-0.1, -0.05) is 30.3 Å². The number of aromatic nitrogens is 1. The van der Waals surface area contributed by atoms with Gasteiger partial charge in [0.1, 0.15) is 17.2 Å². The summed E-state index contributed by atoms with van der Waals surface area (Å²) in [7, 11) is 5.10. The summed E-state index contributed by atoms with van der Waals surface area (Å²) >= 11 is 0. The Morgan fingerprint density at radius 2 is 1.34 bits per heavy atom. The first kappa shape index (κ1) is 21.7. The molecule has 0 unspecified atom stereocenters. The summed E-state index contributed by atoms with van der Waals surface area (Å²) in [5, 5.41) is 2.14. The van der Waals surface area contributed by atoms with Crippen LogP contribution in [0.15, 0.2) is 79.1 Å². The molecule has 0 aliphatic heterocycles. The normalized spacial score (nSPS) is 11.0. The zero-order valence-electron chi connectivity index (χ0n) is 18.7. The molecule has 5 nitrogen and oxygen atoms in total. The summed E-state index contributed by atoms with van der Waals surface area (Å²) in [5.74, 6) is 2.56. The first-order valence-electron chi connectivity index (χ1n) is 10.6. The number of fused-ring (bicyclic) bond motifs is 1. The lowest BCUT2D eigenvalue weighted by atomic mass is 10.0. The van der Waals surface area contributed by atoms with E-state index < -0.39 is 0 Å². The average molecular weight is 429 g/mol. The molecule has 3 aromatic carbocycles. The highest BCUT2D eigenvalue weighted by molar-refractivity contribution is 5.95. The van der Waals surface area contributed by atoms with Gasteiger partial charge in [-0.05, 0) is 53.1 Å². The van der Waals surface area contributed by atoms with Crippen LogP contribution in [0.5, 0.6) is 17.2 Å². The van der Waals surface area contributed by atoms with Gasteiger partial charge in [-0.15, -0.1) is 0 Å². The highest BCUT2D eigenvalue weighted by Crippen LogP contribution is 2.36. The van der Waals surface area contributed by atoms with Crippen LogP contribution in [0.4, 0.5) is 0 Å². The lowest BCUT2D eigenvalue weighted by Crippen LogP contribution is -2.22. The van der Waals surface area contributed by atoms with Crippen molar-refractivity contribution in [3.05, 3.63) is 95.8 Å². The second-order valence-electron chi connectivity index (χ2n) is 7.66. The number of methoxy groups -OCH3 is 3. The van der Waals surface area contributed by atoms with Crippen molar-refractivity contribution >= 4 is 10.8 Å². The molecule has 0 radical (unpaired) electrons. The van der Waals surface area contributed by atoms with Crippen molar-refractivity contribution in [2.24, 2.45) is 0 Å². The van der Waals surface area contributed by atoms with Crippen LogP contribution in [0, 0.1) is 0 Å². The Balaban J connectivity index is 1.70. The van der Waals surface area contributed by atoms with Crippen LogP contribution < -0.4 is 14.2 Å².